The molecule has 5 heteroatoms. The summed E-state index contributed by atoms with van der Waals surface area (Å²) < 4.78 is 0.985. The van der Waals surface area contributed by atoms with E-state index in [-0.39, 0.29) is 11.9 Å². The average molecular weight is 344 g/mol. The zero-order valence-corrected chi connectivity index (χ0v) is 13.7. The van der Waals surface area contributed by atoms with Crippen LogP contribution < -0.4 is 0 Å². The van der Waals surface area contributed by atoms with Crippen LogP contribution in [-0.2, 0) is 0 Å². The summed E-state index contributed by atoms with van der Waals surface area (Å²) in [4.78, 5) is 17.4. The van der Waals surface area contributed by atoms with E-state index in [0.29, 0.717) is 0 Å². The predicted molar refractivity (Wildman–Crippen MR) is 81.6 cm³/mol. The molecule has 0 radical (unpaired) electrons. The lowest BCUT2D eigenvalue weighted by atomic mass is 10.2. The fourth-order valence-corrected chi connectivity index (χ4v) is 3.99. The molecule has 0 aromatic carbocycles. The van der Waals surface area contributed by atoms with Gasteiger partial charge in [0.1, 0.15) is 0 Å². The lowest BCUT2D eigenvalue weighted by molar-refractivity contribution is 0.0750. The van der Waals surface area contributed by atoms with Crippen LogP contribution in [0.4, 0.5) is 0 Å². The Morgan fingerprint density at radius 2 is 2.00 bits per heavy atom. The summed E-state index contributed by atoms with van der Waals surface area (Å²) in [5, 5.41) is 0. The Labute approximate surface area is 123 Å². The number of hydrogen-bond acceptors (Lipinski definition) is 3. The number of aryl methyl sites for hydroxylation is 1. The van der Waals surface area contributed by atoms with Crippen molar-refractivity contribution in [3.63, 3.8) is 0 Å². The number of carbonyl (C=O) groups excluding carboxylic acids is 1. The van der Waals surface area contributed by atoms with E-state index < -0.39 is 0 Å². The molecular formula is C13H14BrNOS2. The van der Waals surface area contributed by atoms with Gasteiger partial charge in [-0.25, -0.2) is 0 Å². The molecule has 2 aromatic heterocycles. The average Bonchev–Trinajstić information content (AvgIpc) is 2.95. The molecule has 2 heterocycles. The van der Waals surface area contributed by atoms with Crippen molar-refractivity contribution in [3.8, 4) is 0 Å². The Kier molecular flexibility index (Phi) is 4.25. The van der Waals surface area contributed by atoms with Gasteiger partial charge in [0.05, 0.1) is 14.7 Å². The minimum atomic E-state index is 0.0734. The number of rotatable bonds is 3. The molecule has 2 rings (SSSR count). The third kappa shape index (κ3) is 2.84. The molecule has 0 bridgehead atoms. The van der Waals surface area contributed by atoms with Gasteiger partial charge in [0, 0.05) is 16.8 Å². The van der Waals surface area contributed by atoms with E-state index in [9.17, 15) is 4.79 Å². The molecule has 0 saturated heterocycles. The van der Waals surface area contributed by atoms with Crippen LogP contribution in [0.2, 0.25) is 0 Å². The van der Waals surface area contributed by atoms with E-state index >= 15 is 0 Å². The van der Waals surface area contributed by atoms with E-state index in [1.54, 1.807) is 16.2 Å². The first kappa shape index (κ1) is 13.8. The molecule has 1 atom stereocenters. The molecule has 0 N–H and O–H groups in total. The first-order valence-electron chi connectivity index (χ1n) is 5.58. The number of nitrogens with zero attached hydrogens (tertiary/aromatic N) is 1. The third-order valence-corrected chi connectivity index (χ3v) is 5.64. The molecule has 96 valence electrons. The van der Waals surface area contributed by atoms with Crippen molar-refractivity contribution in [2.75, 3.05) is 7.05 Å². The van der Waals surface area contributed by atoms with Gasteiger partial charge >= 0.3 is 0 Å². The summed E-state index contributed by atoms with van der Waals surface area (Å²) in [7, 11) is 1.86. The maximum absolute atomic E-state index is 12.3. The highest BCUT2D eigenvalue weighted by Crippen LogP contribution is 2.29. The van der Waals surface area contributed by atoms with Crippen LogP contribution in [0, 0.1) is 6.92 Å². The minimum absolute atomic E-state index is 0.0734. The van der Waals surface area contributed by atoms with E-state index in [4.69, 9.17) is 0 Å². The molecule has 0 aliphatic heterocycles. The maximum Gasteiger partial charge on any atom is 0.264 e. The topological polar surface area (TPSA) is 20.3 Å². The second-order valence-corrected chi connectivity index (χ2v) is 7.93. The Bertz CT molecular complexity index is 561. The van der Waals surface area contributed by atoms with Gasteiger partial charge in [-0.2, -0.15) is 0 Å². The van der Waals surface area contributed by atoms with Crippen molar-refractivity contribution in [3.05, 3.63) is 42.7 Å². The van der Waals surface area contributed by atoms with E-state index in [1.807, 2.05) is 19.2 Å². The molecule has 0 fully saturated rings. The van der Waals surface area contributed by atoms with Crippen LogP contribution in [0.15, 0.2) is 28.1 Å². The van der Waals surface area contributed by atoms with Crippen molar-refractivity contribution in [2.24, 2.45) is 0 Å². The van der Waals surface area contributed by atoms with Crippen molar-refractivity contribution >= 4 is 44.5 Å². The van der Waals surface area contributed by atoms with E-state index in [2.05, 4.69) is 41.9 Å². The largest absolute Gasteiger partial charge is 0.333 e. The fraction of sp³-hybridized carbons (Fsp3) is 0.308. The van der Waals surface area contributed by atoms with Gasteiger partial charge in [0.2, 0.25) is 0 Å². The quantitative estimate of drug-likeness (QED) is 0.789. The highest BCUT2D eigenvalue weighted by atomic mass is 79.9. The standard InChI is InChI=1S/C13H14BrNOS2/c1-8-4-5-10(17-8)9(2)15(3)13(16)11-6-7-12(14)18-11/h4-7,9H,1-3H3. The van der Waals surface area contributed by atoms with Gasteiger partial charge in [-0.05, 0) is 54.0 Å². The van der Waals surface area contributed by atoms with Gasteiger partial charge in [-0.1, -0.05) is 0 Å². The van der Waals surface area contributed by atoms with Crippen molar-refractivity contribution in [2.45, 2.75) is 19.9 Å². The van der Waals surface area contributed by atoms with E-state index in [1.165, 1.54) is 21.1 Å². The van der Waals surface area contributed by atoms with Crippen LogP contribution in [0.5, 0.6) is 0 Å². The number of hydrogen-bond donors (Lipinski definition) is 0. The summed E-state index contributed by atoms with van der Waals surface area (Å²) in [6.45, 7) is 4.14. The van der Waals surface area contributed by atoms with Gasteiger partial charge < -0.3 is 4.90 Å². The first-order chi connectivity index (χ1) is 8.49. The van der Waals surface area contributed by atoms with E-state index in [0.717, 1.165) is 8.66 Å². The zero-order chi connectivity index (χ0) is 13.3. The van der Waals surface area contributed by atoms with Crippen LogP contribution in [0.1, 0.15) is 32.4 Å². The van der Waals surface area contributed by atoms with Crippen LogP contribution >= 0.6 is 38.6 Å². The first-order valence-corrected chi connectivity index (χ1v) is 8.00. The summed E-state index contributed by atoms with van der Waals surface area (Å²) in [6.07, 6.45) is 0. The Balaban J connectivity index is 2.16. The molecule has 1 amide bonds. The SMILES string of the molecule is Cc1ccc(C(C)N(C)C(=O)c2ccc(Br)s2)s1. The Morgan fingerprint density at radius 3 is 2.50 bits per heavy atom. The monoisotopic (exact) mass is 343 g/mol. The molecule has 18 heavy (non-hydrogen) atoms. The molecule has 1 unspecified atom stereocenters. The van der Waals surface area contributed by atoms with Gasteiger partial charge in [0.25, 0.3) is 5.91 Å². The van der Waals surface area contributed by atoms with Crippen molar-refractivity contribution < 1.29 is 4.79 Å². The third-order valence-electron chi connectivity index (χ3n) is 2.86. The molecular weight excluding hydrogens is 330 g/mol. The summed E-state index contributed by atoms with van der Waals surface area (Å²) in [5.74, 6) is 0.0734. The molecule has 2 aromatic rings. The second-order valence-electron chi connectivity index (χ2n) is 4.14. The normalized spacial score (nSPS) is 12.4. The van der Waals surface area contributed by atoms with Gasteiger partial charge in [-0.15, -0.1) is 22.7 Å². The predicted octanol–water partition coefficient (Wildman–Crippen LogP) is 4.71. The molecule has 0 aliphatic carbocycles. The number of carbonyl (C=O) groups is 1. The summed E-state index contributed by atoms with van der Waals surface area (Å²) in [5.41, 5.74) is 0. The van der Waals surface area contributed by atoms with Gasteiger partial charge in [0.15, 0.2) is 0 Å². The second kappa shape index (κ2) is 5.55. The van der Waals surface area contributed by atoms with Crippen molar-refractivity contribution in [1.29, 1.82) is 0 Å². The lowest BCUT2D eigenvalue weighted by Gasteiger charge is -2.23. The van der Waals surface area contributed by atoms with Crippen molar-refractivity contribution in [1.82, 2.24) is 4.90 Å². The van der Waals surface area contributed by atoms with Crippen LogP contribution in [-0.4, -0.2) is 17.9 Å². The number of halogens is 1. The highest BCUT2D eigenvalue weighted by Gasteiger charge is 2.21. The lowest BCUT2D eigenvalue weighted by Crippen LogP contribution is -2.28. The Hall–Kier alpha value is -0.650. The maximum atomic E-state index is 12.3. The highest BCUT2D eigenvalue weighted by molar-refractivity contribution is 9.11. The molecule has 2 nitrogen and oxygen atoms in total. The zero-order valence-electron chi connectivity index (χ0n) is 10.4. The minimum Gasteiger partial charge on any atom is -0.333 e. The van der Waals surface area contributed by atoms with Crippen LogP contribution in [0.25, 0.3) is 0 Å². The fourth-order valence-electron chi connectivity index (χ4n) is 1.65. The summed E-state index contributed by atoms with van der Waals surface area (Å²) >= 11 is 6.60. The van der Waals surface area contributed by atoms with Gasteiger partial charge in [-0.3, -0.25) is 4.79 Å². The Morgan fingerprint density at radius 1 is 1.28 bits per heavy atom. The molecule has 0 spiro atoms. The molecule has 0 aliphatic rings. The number of thiophene rings is 2. The smallest absolute Gasteiger partial charge is 0.264 e. The molecule has 0 saturated carbocycles. The summed E-state index contributed by atoms with van der Waals surface area (Å²) in [6, 6.07) is 8.07. The number of amides is 1. The van der Waals surface area contributed by atoms with Crippen LogP contribution in [0.3, 0.4) is 0 Å².